The van der Waals surface area contributed by atoms with Crippen LogP contribution in [-0.4, -0.2) is 24.1 Å². The zero-order valence-corrected chi connectivity index (χ0v) is 23.3. The average Bonchev–Trinajstić information content (AvgIpc) is 3.00. The maximum Gasteiger partial charge on any atom is 0.338 e. The summed E-state index contributed by atoms with van der Waals surface area (Å²) in [5.41, 5.74) is 3.52. The topological polar surface area (TPSA) is 52.6 Å². The fourth-order valence-corrected chi connectivity index (χ4v) is 5.08. The van der Waals surface area contributed by atoms with E-state index < -0.39 is 0 Å². The second kappa shape index (κ2) is 14.8. The molecule has 0 amide bonds. The number of esters is 2. The molecular formula is C36H38O4. The van der Waals surface area contributed by atoms with Gasteiger partial charge in [0.2, 0.25) is 0 Å². The van der Waals surface area contributed by atoms with Crippen LogP contribution in [0.1, 0.15) is 58.5 Å². The minimum atomic E-state index is -0.308. The Kier molecular flexibility index (Phi) is 10.7. The van der Waals surface area contributed by atoms with Crippen molar-refractivity contribution in [2.45, 2.75) is 51.7 Å². The minimum absolute atomic E-state index is 0.102. The van der Waals surface area contributed by atoms with Gasteiger partial charge in [-0.3, -0.25) is 0 Å². The first-order chi connectivity index (χ1) is 19.5. The smallest absolute Gasteiger partial charge is 0.338 e. The molecule has 0 fully saturated rings. The number of carbonyl (C=O) groups excluding carboxylic acids is 2. The summed E-state index contributed by atoms with van der Waals surface area (Å²) in [6, 6.07) is 38.9. The third-order valence-corrected chi connectivity index (χ3v) is 7.52. The molecule has 0 saturated heterocycles. The standard InChI is InChI=1S/C36H38O4/c1-27(39-35(37)31-19-11-5-12-20-31)33(25-29-15-7-3-8-16-29)23-24-34(26-30-17-9-4-10-18-30)28(2)40-36(38)32-21-13-6-14-22-32/h3-22,27-28,33-34H,23-26H2,1-2H3. The Hall–Kier alpha value is -4.18. The first-order valence-electron chi connectivity index (χ1n) is 14.1. The van der Waals surface area contributed by atoms with Gasteiger partial charge in [0.15, 0.2) is 0 Å². The third-order valence-electron chi connectivity index (χ3n) is 7.52. The first kappa shape index (κ1) is 28.8. The van der Waals surface area contributed by atoms with Crippen LogP contribution in [0, 0.1) is 11.8 Å². The van der Waals surface area contributed by atoms with Crippen LogP contribution in [0.4, 0.5) is 0 Å². The molecule has 0 spiro atoms. The molecule has 206 valence electrons. The molecule has 4 atom stereocenters. The Morgan fingerprint density at radius 3 is 1.12 bits per heavy atom. The lowest BCUT2D eigenvalue weighted by Gasteiger charge is -2.29. The Labute approximate surface area is 238 Å². The zero-order chi connectivity index (χ0) is 28.2. The van der Waals surface area contributed by atoms with Crippen LogP contribution in [0.5, 0.6) is 0 Å². The van der Waals surface area contributed by atoms with Crippen molar-refractivity contribution < 1.29 is 19.1 Å². The molecule has 40 heavy (non-hydrogen) atoms. The van der Waals surface area contributed by atoms with Gasteiger partial charge in [-0.05, 0) is 86.8 Å². The van der Waals surface area contributed by atoms with Gasteiger partial charge in [0.1, 0.15) is 12.2 Å². The maximum atomic E-state index is 12.9. The highest BCUT2D eigenvalue weighted by atomic mass is 16.5. The van der Waals surface area contributed by atoms with Crippen LogP contribution in [-0.2, 0) is 22.3 Å². The van der Waals surface area contributed by atoms with Gasteiger partial charge < -0.3 is 9.47 Å². The van der Waals surface area contributed by atoms with Crippen molar-refractivity contribution in [3.05, 3.63) is 144 Å². The zero-order valence-electron chi connectivity index (χ0n) is 23.3. The largest absolute Gasteiger partial charge is 0.459 e. The normalized spacial score (nSPS) is 13.9. The SMILES string of the molecule is CC(OC(=O)c1ccccc1)C(CCC(Cc1ccccc1)C(C)OC(=O)c1ccccc1)Cc1ccccc1. The van der Waals surface area contributed by atoms with E-state index in [-0.39, 0.29) is 36.0 Å². The van der Waals surface area contributed by atoms with Gasteiger partial charge in [0, 0.05) is 0 Å². The molecule has 0 aliphatic carbocycles. The fourth-order valence-electron chi connectivity index (χ4n) is 5.08. The van der Waals surface area contributed by atoms with E-state index in [9.17, 15) is 9.59 Å². The van der Waals surface area contributed by atoms with E-state index in [1.807, 2.05) is 86.6 Å². The predicted octanol–water partition coefficient (Wildman–Crippen LogP) is 7.98. The highest BCUT2D eigenvalue weighted by molar-refractivity contribution is 5.89. The Balaban J connectivity index is 1.49. The number of benzene rings is 4. The summed E-state index contributed by atoms with van der Waals surface area (Å²) in [6.45, 7) is 3.97. The Morgan fingerprint density at radius 2 is 0.800 bits per heavy atom. The maximum absolute atomic E-state index is 12.9. The Bertz CT molecular complexity index is 1200. The highest BCUT2D eigenvalue weighted by Crippen LogP contribution is 2.28. The van der Waals surface area contributed by atoms with Crippen LogP contribution in [0.2, 0.25) is 0 Å². The fraction of sp³-hybridized carbons (Fsp3) is 0.278. The van der Waals surface area contributed by atoms with Crippen molar-refractivity contribution in [2.75, 3.05) is 0 Å². The number of carbonyl (C=O) groups is 2. The number of hydrogen-bond donors (Lipinski definition) is 0. The van der Waals surface area contributed by atoms with Gasteiger partial charge in [-0.1, -0.05) is 97.1 Å². The lowest BCUT2D eigenvalue weighted by Crippen LogP contribution is -2.30. The third kappa shape index (κ3) is 8.67. The van der Waals surface area contributed by atoms with Crippen LogP contribution in [0.3, 0.4) is 0 Å². The average molecular weight is 535 g/mol. The van der Waals surface area contributed by atoms with E-state index in [4.69, 9.17) is 9.47 Å². The van der Waals surface area contributed by atoms with Crippen LogP contribution in [0.25, 0.3) is 0 Å². The van der Waals surface area contributed by atoms with E-state index in [1.165, 1.54) is 11.1 Å². The second-order valence-electron chi connectivity index (χ2n) is 10.4. The molecule has 4 aromatic rings. The number of hydrogen-bond acceptors (Lipinski definition) is 4. The summed E-state index contributed by atoms with van der Waals surface area (Å²) >= 11 is 0. The molecule has 0 saturated carbocycles. The summed E-state index contributed by atoms with van der Waals surface area (Å²) in [6.07, 6.45) is 2.66. The van der Waals surface area contributed by atoms with Crippen molar-refractivity contribution in [1.29, 1.82) is 0 Å². The molecule has 0 aromatic heterocycles. The first-order valence-corrected chi connectivity index (χ1v) is 14.1. The van der Waals surface area contributed by atoms with Gasteiger partial charge in [0.25, 0.3) is 0 Å². The molecule has 4 rings (SSSR count). The molecule has 0 N–H and O–H groups in total. The predicted molar refractivity (Wildman–Crippen MR) is 159 cm³/mol. The Morgan fingerprint density at radius 1 is 0.500 bits per heavy atom. The minimum Gasteiger partial charge on any atom is -0.459 e. The van der Waals surface area contributed by atoms with Crippen molar-refractivity contribution in [3.8, 4) is 0 Å². The summed E-state index contributed by atoms with van der Waals surface area (Å²) in [5, 5.41) is 0. The van der Waals surface area contributed by atoms with E-state index in [0.29, 0.717) is 11.1 Å². The summed E-state index contributed by atoms with van der Waals surface area (Å²) in [7, 11) is 0. The molecule has 4 heteroatoms. The monoisotopic (exact) mass is 534 g/mol. The molecule has 0 heterocycles. The van der Waals surface area contributed by atoms with Gasteiger partial charge in [0.05, 0.1) is 11.1 Å². The highest BCUT2D eigenvalue weighted by Gasteiger charge is 2.27. The summed E-state index contributed by atoms with van der Waals surface area (Å²) in [5.74, 6) is -0.412. The van der Waals surface area contributed by atoms with Crippen LogP contribution in [0.15, 0.2) is 121 Å². The van der Waals surface area contributed by atoms with Gasteiger partial charge in [-0.15, -0.1) is 0 Å². The molecule has 0 aliphatic rings. The second-order valence-corrected chi connectivity index (χ2v) is 10.4. The van der Waals surface area contributed by atoms with Crippen molar-refractivity contribution in [3.63, 3.8) is 0 Å². The van der Waals surface area contributed by atoms with E-state index in [1.54, 1.807) is 24.3 Å². The number of rotatable bonds is 13. The molecule has 0 bridgehead atoms. The van der Waals surface area contributed by atoms with E-state index >= 15 is 0 Å². The summed E-state index contributed by atoms with van der Waals surface area (Å²) in [4.78, 5) is 25.8. The molecular weight excluding hydrogens is 496 g/mol. The molecule has 4 aromatic carbocycles. The van der Waals surface area contributed by atoms with Crippen molar-refractivity contribution in [2.24, 2.45) is 11.8 Å². The quantitative estimate of drug-likeness (QED) is 0.163. The van der Waals surface area contributed by atoms with E-state index in [0.717, 1.165) is 25.7 Å². The van der Waals surface area contributed by atoms with Gasteiger partial charge >= 0.3 is 11.9 Å². The van der Waals surface area contributed by atoms with Crippen LogP contribution >= 0.6 is 0 Å². The van der Waals surface area contributed by atoms with Gasteiger partial charge in [-0.25, -0.2) is 9.59 Å². The number of ether oxygens (including phenoxy) is 2. The van der Waals surface area contributed by atoms with Gasteiger partial charge in [-0.2, -0.15) is 0 Å². The van der Waals surface area contributed by atoms with E-state index in [2.05, 4.69) is 24.3 Å². The van der Waals surface area contributed by atoms with Crippen molar-refractivity contribution >= 4 is 11.9 Å². The van der Waals surface area contributed by atoms with Crippen LogP contribution < -0.4 is 0 Å². The lowest BCUT2D eigenvalue weighted by molar-refractivity contribution is 0.00879. The lowest BCUT2D eigenvalue weighted by atomic mass is 9.83. The summed E-state index contributed by atoms with van der Waals surface area (Å²) < 4.78 is 12.0. The molecule has 0 aliphatic heterocycles. The molecule has 4 nitrogen and oxygen atoms in total. The van der Waals surface area contributed by atoms with Crippen molar-refractivity contribution in [1.82, 2.24) is 0 Å². The molecule has 0 radical (unpaired) electrons. The molecule has 4 unspecified atom stereocenters.